The summed E-state index contributed by atoms with van der Waals surface area (Å²) < 4.78 is 0. The fourth-order valence-electron chi connectivity index (χ4n) is 2.35. The molecular formula is C19H20Cl2N2O2. The molecule has 1 atom stereocenters. The van der Waals surface area contributed by atoms with Crippen molar-refractivity contribution in [2.75, 3.05) is 5.32 Å². The molecule has 25 heavy (non-hydrogen) atoms. The van der Waals surface area contributed by atoms with E-state index in [-0.39, 0.29) is 17.7 Å². The van der Waals surface area contributed by atoms with Crippen LogP contribution < -0.4 is 10.6 Å². The van der Waals surface area contributed by atoms with Gasteiger partial charge in [0.25, 0.3) is 5.91 Å². The standard InChI is InChI=1S/C19H20Cl2N2O2/c1-11(2)17(23-18(24)13-7-4-5-8-15(13)21)19(25)22-16-10-6-9-14(20)12(16)3/h4-11,17H,1-3H3,(H,22,25)(H,23,24)/t17-/m1/s1. The minimum Gasteiger partial charge on any atom is -0.340 e. The predicted molar refractivity (Wildman–Crippen MR) is 102 cm³/mol. The normalized spacial score (nSPS) is 11.9. The molecule has 0 saturated heterocycles. The quantitative estimate of drug-likeness (QED) is 0.792. The average molecular weight is 379 g/mol. The maximum atomic E-state index is 12.7. The van der Waals surface area contributed by atoms with E-state index in [0.717, 1.165) is 5.56 Å². The largest absolute Gasteiger partial charge is 0.340 e. The van der Waals surface area contributed by atoms with Crippen LogP contribution in [0.2, 0.25) is 10.0 Å². The lowest BCUT2D eigenvalue weighted by Gasteiger charge is -2.22. The average Bonchev–Trinajstić information content (AvgIpc) is 2.56. The van der Waals surface area contributed by atoms with Crippen LogP contribution in [0.5, 0.6) is 0 Å². The van der Waals surface area contributed by atoms with Crippen molar-refractivity contribution in [2.24, 2.45) is 5.92 Å². The Balaban J connectivity index is 2.17. The van der Waals surface area contributed by atoms with Crippen molar-refractivity contribution < 1.29 is 9.59 Å². The maximum absolute atomic E-state index is 12.7. The highest BCUT2D eigenvalue weighted by Gasteiger charge is 2.26. The van der Waals surface area contributed by atoms with Crippen molar-refractivity contribution in [1.29, 1.82) is 0 Å². The van der Waals surface area contributed by atoms with E-state index in [1.807, 2.05) is 20.8 Å². The molecule has 0 radical (unpaired) electrons. The highest BCUT2D eigenvalue weighted by molar-refractivity contribution is 6.34. The van der Waals surface area contributed by atoms with E-state index in [9.17, 15) is 9.59 Å². The van der Waals surface area contributed by atoms with Crippen molar-refractivity contribution in [3.8, 4) is 0 Å². The number of amides is 2. The van der Waals surface area contributed by atoms with Gasteiger partial charge in [0.2, 0.25) is 5.91 Å². The molecule has 0 aromatic heterocycles. The van der Waals surface area contributed by atoms with E-state index in [1.165, 1.54) is 0 Å². The highest BCUT2D eigenvalue weighted by Crippen LogP contribution is 2.23. The molecule has 2 aromatic rings. The third-order valence-corrected chi connectivity index (χ3v) is 4.62. The summed E-state index contributed by atoms with van der Waals surface area (Å²) in [6, 6.07) is 11.3. The second-order valence-corrected chi connectivity index (χ2v) is 6.89. The lowest BCUT2D eigenvalue weighted by Crippen LogP contribution is -2.47. The summed E-state index contributed by atoms with van der Waals surface area (Å²) in [5.74, 6) is -0.797. The third-order valence-electron chi connectivity index (χ3n) is 3.88. The molecule has 4 nitrogen and oxygen atoms in total. The molecule has 0 saturated carbocycles. The SMILES string of the molecule is Cc1c(Cl)cccc1NC(=O)[C@H](NC(=O)c1ccccc1Cl)C(C)C. The lowest BCUT2D eigenvalue weighted by atomic mass is 10.0. The summed E-state index contributed by atoms with van der Waals surface area (Å²) in [5.41, 5.74) is 1.73. The predicted octanol–water partition coefficient (Wildman–Crippen LogP) is 4.69. The number of carbonyl (C=O) groups excluding carboxylic acids is 2. The van der Waals surface area contributed by atoms with Gasteiger partial charge >= 0.3 is 0 Å². The molecule has 0 unspecified atom stereocenters. The van der Waals surface area contributed by atoms with Crippen LogP contribution in [0, 0.1) is 12.8 Å². The number of rotatable bonds is 5. The van der Waals surface area contributed by atoms with Gasteiger partial charge in [0.1, 0.15) is 6.04 Å². The van der Waals surface area contributed by atoms with Crippen molar-refractivity contribution in [3.05, 3.63) is 63.6 Å². The number of halogens is 2. The Labute approximate surface area is 157 Å². The second kappa shape index (κ2) is 8.37. The van der Waals surface area contributed by atoms with Crippen LogP contribution >= 0.6 is 23.2 Å². The zero-order chi connectivity index (χ0) is 18.6. The summed E-state index contributed by atoms with van der Waals surface area (Å²) in [6.07, 6.45) is 0. The van der Waals surface area contributed by atoms with Gasteiger partial charge < -0.3 is 10.6 Å². The zero-order valence-corrected chi connectivity index (χ0v) is 15.8. The van der Waals surface area contributed by atoms with E-state index in [1.54, 1.807) is 42.5 Å². The van der Waals surface area contributed by atoms with Gasteiger partial charge in [0.15, 0.2) is 0 Å². The van der Waals surface area contributed by atoms with Crippen LogP contribution in [0.3, 0.4) is 0 Å². The summed E-state index contributed by atoms with van der Waals surface area (Å²) >= 11 is 12.1. The second-order valence-electron chi connectivity index (χ2n) is 6.08. The van der Waals surface area contributed by atoms with E-state index in [4.69, 9.17) is 23.2 Å². The Bertz CT molecular complexity index is 791. The van der Waals surface area contributed by atoms with Gasteiger partial charge in [-0.3, -0.25) is 9.59 Å². The van der Waals surface area contributed by atoms with Gasteiger partial charge in [-0.15, -0.1) is 0 Å². The smallest absolute Gasteiger partial charge is 0.253 e. The first-order valence-corrected chi connectivity index (χ1v) is 8.68. The maximum Gasteiger partial charge on any atom is 0.253 e. The lowest BCUT2D eigenvalue weighted by molar-refractivity contribution is -0.118. The van der Waals surface area contributed by atoms with Gasteiger partial charge in [-0.25, -0.2) is 0 Å². The Morgan fingerprint density at radius 2 is 1.60 bits per heavy atom. The Hall–Kier alpha value is -2.04. The van der Waals surface area contributed by atoms with Crippen molar-refractivity contribution >= 4 is 40.7 Å². The first kappa shape index (κ1) is 19.3. The number of benzene rings is 2. The molecule has 2 aromatic carbocycles. The van der Waals surface area contributed by atoms with Crippen LogP contribution in [-0.2, 0) is 4.79 Å². The number of hydrogen-bond donors (Lipinski definition) is 2. The Morgan fingerprint density at radius 3 is 2.24 bits per heavy atom. The van der Waals surface area contributed by atoms with Gasteiger partial charge in [-0.05, 0) is 42.7 Å². The number of carbonyl (C=O) groups is 2. The summed E-state index contributed by atoms with van der Waals surface area (Å²) in [4.78, 5) is 25.1. The molecule has 6 heteroatoms. The molecular weight excluding hydrogens is 359 g/mol. The van der Waals surface area contributed by atoms with Crippen molar-refractivity contribution in [2.45, 2.75) is 26.8 Å². The molecule has 0 aliphatic carbocycles. The summed E-state index contributed by atoms with van der Waals surface area (Å²) in [6.45, 7) is 5.55. The minimum absolute atomic E-state index is 0.106. The van der Waals surface area contributed by atoms with E-state index in [0.29, 0.717) is 21.3 Å². The topological polar surface area (TPSA) is 58.2 Å². The molecule has 0 bridgehead atoms. The van der Waals surface area contributed by atoms with Crippen molar-refractivity contribution in [3.63, 3.8) is 0 Å². The van der Waals surface area contributed by atoms with Gasteiger partial charge in [0, 0.05) is 10.7 Å². The van der Waals surface area contributed by atoms with Crippen LogP contribution in [0.15, 0.2) is 42.5 Å². The van der Waals surface area contributed by atoms with Crippen LogP contribution in [0.1, 0.15) is 29.8 Å². The molecule has 0 aliphatic heterocycles. The van der Waals surface area contributed by atoms with E-state index >= 15 is 0 Å². The highest BCUT2D eigenvalue weighted by atomic mass is 35.5. The number of hydrogen-bond acceptors (Lipinski definition) is 2. The summed E-state index contributed by atoms with van der Waals surface area (Å²) in [7, 11) is 0. The van der Waals surface area contributed by atoms with Gasteiger partial charge in [-0.1, -0.05) is 55.2 Å². The van der Waals surface area contributed by atoms with Crippen LogP contribution in [0.4, 0.5) is 5.69 Å². The molecule has 2 amide bonds. The van der Waals surface area contributed by atoms with E-state index in [2.05, 4.69) is 10.6 Å². The number of anilines is 1. The third kappa shape index (κ3) is 4.74. The van der Waals surface area contributed by atoms with Crippen LogP contribution in [-0.4, -0.2) is 17.9 Å². The molecule has 132 valence electrons. The van der Waals surface area contributed by atoms with E-state index < -0.39 is 6.04 Å². The molecule has 0 heterocycles. The monoisotopic (exact) mass is 378 g/mol. The fraction of sp³-hybridized carbons (Fsp3) is 0.263. The molecule has 0 aliphatic rings. The van der Waals surface area contributed by atoms with Crippen molar-refractivity contribution in [1.82, 2.24) is 5.32 Å². The first-order chi connectivity index (χ1) is 11.8. The summed E-state index contributed by atoms with van der Waals surface area (Å²) in [5, 5.41) is 6.50. The molecule has 2 N–H and O–H groups in total. The molecule has 0 fully saturated rings. The Morgan fingerprint density at radius 1 is 0.960 bits per heavy atom. The fourth-order valence-corrected chi connectivity index (χ4v) is 2.75. The van der Waals surface area contributed by atoms with Gasteiger partial charge in [0.05, 0.1) is 10.6 Å². The minimum atomic E-state index is -0.706. The number of nitrogens with one attached hydrogen (secondary N) is 2. The molecule has 0 spiro atoms. The molecule has 2 rings (SSSR count). The van der Waals surface area contributed by atoms with Crippen LogP contribution in [0.25, 0.3) is 0 Å². The first-order valence-electron chi connectivity index (χ1n) is 7.92. The zero-order valence-electron chi connectivity index (χ0n) is 14.3. The van der Waals surface area contributed by atoms with Gasteiger partial charge in [-0.2, -0.15) is 0 Å². The Kier molecular flexibility index (Phi) is 6.45.